The maximum absolute atomic E-state index is 3.14. The van der Waals surface area contributed by atoms with Crippen LogP contribution >= 0.6 is 0 Å². The van der Waals surface area contributed by atoms with Crippen molar-refractivity contribution in [2.75, 3.05) is 0 Å². The van der Waals surface area contributed by atoms with Crippen molar-refractivity contribution >= 4 is 3.21 Å². The summed E-state index contributed by atoms with van der Waals surface area (Å²) in [5.74, 6) is 0.685. The van der Waals surface area contributed by atoms with E-state index in [-0.39, 0.29) is 24.8 Å². The van der Waals surface area contributed by atoms with Crippen molar-refractivity contribution in [3.63, 3.8) is 0 Å². The second kappa shape index (κ2) is 15.3. The first kappa shape index (κ1) is 27.4. The normalized spacial score (nSPS) is 13.6. The van der Waals surface area contributed by atoms with Gasteiger partial charge >= 0.3 is 70.3 Å². The van der Waals surface area contributed by atoms with Gasteiger partial charge in [-0.05, 0) is 0 Å². The summed E-state index contributed by atoms with van der Waals surface area (Å²) in [6.45, 7) is 6.57. The maximum atomic E-state index is 3.14. The molecule has 2 aromatic rings. The molecule has 0 N–H and O–H groups in total. The molecular formula is C25H30Cl2Zr-2. The first-order valence-electron chi connectivity index (χ1n) is 9.68. The second-order valence-electron chi connectivity index (χ2n) is 7.19. The predicted molar refractivity (Wildman–Crippen MR) is 110 cm³/mol. The first-order chi connectivity index (χ1) is 12.6. The number of fused-ring (bicyclic) bond motifs is 1. The Kier molecular flexibility index (Phi) is 14.9. The van der Waals surface area contributed by atoms with E-state index in [2.05, 4.69) is 81.5 Å². The quantitative estimate of drug-likeness (QED) is 0.533. The molecule has 0 bridgehead atoms. The van der Waals surface area contributed by atoms with Gasteiger partial charge in [0.1, 0.15) is 0 Å². The topological polar surface area (TPSA) is 0 Å². The summed E-state index contributed by atoms with van der Waals surface area (Å²) in [5, 5.41) is 0. The molecule has 0 spiro atoms. The molecule has 0 radical (unpaired) electrons. The molecule has 2 aliphatic carbocycles. The number of hydrogen-bond acceptors (Lipinski definition) is 0. The number of allylic oxidation sites excluding steroid dienone is 4. The van der Waals surface area contributed by atoms with E-state index in [1.807, 2.05) is 6.07 Å². The van der Waals surface area contributed by atoms with Crippen LogP contribution in [0, 0.1) is 12.0 Å². The minimum atomic E-state index is 0. The van der Waals surface area contributed by atoms with Gasteiger partial charge in [-0.3, -0.25) is 6.08 Å². The van der Waals surface area contributed by atoms with E-state index in [1.54, 1.807) is 11.1 Å². The number of aryl methyl sites for hydroxylation is 2. The molecule has 28 heavy (non-hydrogen) atoms. The van der Waals surface area contributed by atoms with Gasteiger partial charge in [-0.2, -0.15) is 34.9 Å². The van der Waals surface area contributed by atoms with Crippen LogP contribution in [0.3, 0.4) is 0 Å². The van der Waals surface area contributed by atoms with Crippen LogP contribution in [-0.2, 0) is 37.1 Å². The summed E-state index contributed by atoms with van der Waals surface area (Å²) in [4.78, 5) is 0. The van der Waals surface area contributed by atoms with Crippen LogP contribution in [0.1, 0.15) is 56.7 Å². The van der Waals surface area contributed by atoms with Gasteiger partial charge in [-0.25, -0.2) is 12.1 Å². The fourth-order valence-electron chi connectivity index (χ4n) is 3.12. The molecule has 0 aliphatic heterocycles. The van der Waals surface area contributed by atoms with Crippen LogP contribution in [0.4, 0.5) is 0 Å². The standard InChI is InChI=1S/C9H11.C8H11.C8H8.2ClH.Zr/c1-2-5-9-7-3-6-8(9)4-1;1-7(2)8-5-3-4-6-8;1-2-8-6-4-3-5-7-8;;;/h3,6-7H,1-2,4-5H2;5-7H,3H2,1-2H3;3-7H,1H3;2*1H;/q2*-1;;;;+2/p-2. The van der Waals surface area contributed by atoms with Crippen molar-refractivity contribution in [1.29, 1.82) is 0 Å². The Labute approximate surface area is 199 Å². The van der Waals surface area contributed by atoms with E-state index < -0.39 is 0 Å². The minimum absolute atomic E-state index is 0. The largest absolute Gasteiger partial charge is 1.00 e. The van der Waals surface area contributed by atoms with E-state index in [0.717, 1.165) is 6.42 Å². The van der Waals surface area contributed by atoms with Crippen molar-refractivity contribution in [1.82, 2.24) is 0 Å². The zero-order chi connectivity index (χ0) is 18.8. The van der Waals surface area contributed by atoms with Crippen LogP contribution in [-0.4, -0.2) is 3.21 Å². The molecule has 2 aromatic carbocycles. The molecule has 4 rings (SSSR count). The molecular weight excluding hydrogens is 462 g/mol. The molecule has 0 nitrogen and oxygen atoms in total. The smallest absolute Gasteiger partial charge is 0.0512 e. The van der Waals surface area contributed by atoms with Gasteiger partial charge in [0.05, 0.1) is 0 Å². The van der Waals surface area contributed by atoms with Crippen molar-refractivity contribution < 1.29 is 49.0 Å². The summed E-state index contributed by atoms with van der Waals surface area (Å²) in [6, 6.07) is 17.2. The SMILES string of the molecule is CC(C)C1=CC[C-]=C1.C[C](=[Zr+2])c1ccccc1.[Cl-].[Cl-].c1cc2c([cH-]1)CCCC2. The average Bonchev–Trinajstić information content (AvgIpc) is 3.35. The Morgan fingerprint density at radius 3 is 2.18 bits per heavy atom. The molecule has 150 valence electrons. The fraction of sp³-hybridized carbons (Fsp3) is 0.360. The summed E-state index contributed by atoms with van der Waals surface area (Å²) < 4.78 is 1.46. The molecule has 0 heterocycles. The number of halogens is 2. The Bertz CT molecular complexity index is 718. The molecule has 2 aliphatic rings. The van der Waals surface area contributed by atoms with Gasteiger partial charge in [0, 0.05) is 0 Å². The number of rotatable bonds is 2. The Hall–Kier alpha value is -0.617. The Morgan fingerprint density at radius 1 is 1.04 bits per heavy atom. The monoisotopic (exact) mass is 490 g/mol. The molecule has 0 amide bonds. The molecule has 0 saturated heterocycles. The third-order valence-corrected chi connectivity index (χ3v) is 5.46. The van der Waals surface area contributed by atoms with Gasteiger partial charge in [-0.1, -0.05) is 45.4 Å². The molecule has 0 atom stereocenters. The van der Waals surface area contributed by atoms with Crippen LogP contribution in [0.5, 0.6) is 0 Å². The number of hydrogen-bond donors (Lipinski definition) is 0. The molecule has 0 unspecified atom stereocenters. The van der Waals surface area contributed by atoms with Gasteiger partial charge < -0.3 is 24.8 Å². The molecule has 0 fully saturated rings. The third kappa shape index (κ3) is 9.73. The summed E-state index contributed by atoms with van der Waals surface area (Å²) in [7, 11) is 0. The Morgan fingerprint density at radius 2 is 1.71 bits per heavy atom. The fourth-order valence-corrected chi connectivity index (χ4v) is 3.53. The third-order valence-electron chi connectivity index (χ3n) is 4.75. The predicted octanol–water partition coefficient (Wildman–Crippen LogP) is 0.398. The average molecular weight is 493 g/mol. The van der Waals surface area contributed by atoms with E-state index in [9.17, 15) is 0 Å². The van der Waals surface area contributed by atoms with Crippen LogP contribution < -0.4 is 24.8 Å². The number of benzene rings is 1. The second-order valence-corrected chi connectivity index (χ2v) is 9.03. The Balaban J connectivity index is 0.000000378. The maximum Gasteiger partial charge on any atom is -0.0512 e. The van der Waals surface area contributed by atoms with E-state index in [0.29, 0.717) is 5.92 Å². The van der Waals surface area contributed by atoms with Crippen LogP contribution in [0.2, 0.25) is 0 Å². The van der Waals surface area contributed by atoms with Gasteiger partial charge in [0.15, 0.2) is 0 Å². The van der Waals surface area contributed by atoms with Crippen molar-refractivity contribution in [3.8, 4) is 0 Å². The van der Waals surface area contributed by atoms with E-state index in [1.165, 1.54) is 64.3 Å². The van der Waals surface area contributed by atoms with Crippen molar-refractivity contribution in [2.24, 2.45) is 5.92 Å². The van der Waals surface area contributed by atoms with E-state index >= 15 is 0 Å². The van der Waals surface area contributed by atoms with Gasteiger partial charge in [0.25, 0.3) is 0 Å². The molecule has 0 saturated carbocycles. The van der Waals surface area contributed by atoms with Crippen molar-refractivity contribution in [3.05, 3.63) is 89.0 Å². The van der Waals surface area contributed by atoms with Gasteiger partial charge in [0.2, 0.25) is 0 Å². The van der Waals surface area contributed by atoms with E-state index in [4.69, 9.17) is 0 Å². The summed E-state index contributed by atoms with van der Waals surface area (Å²) in [5.41, 5.74) is 6.00. The summed E-state index contributed by atoms with van der Waals surface area (Å²) >= 11 is 1.51. The zero-order valence-corrected chi connectivity index (χ0v) is 21.1. The first-order valence-corrected chi connectivity index (χ1v) is 10.9. The van der Waals surface area contributed by atoms with Crippen LogP contribution in [0.25, 0.3) is 0 Å². The minimum Gasteiger partial charge on any atom is -1.00 e. The van der Waals surface area contributed by atoms with Gasteiger partial charge in [-0.15, -0.1) is 6.42 Å². The van der Waals surface area contributed by atoms with Crippen molar-refractivity contribution in [2.45, 2.75) is 52.9 Å². The van der Waals surface area contributed by atoms with Crippen LogP contribution in [0.15, 0.2) is 66.3 Å². The summed E-state index contributed by atoms with van der Waals surface area (Å²) in [6.07, 6.45) is 13.9. The zero-order valence-electron chi connectivity index (χ0n) is 17.1. The molecule has 3 heteroatoms. The molecule has 0 aromatic heterocycles.